The van der Waals surface area contributed by atoms with Crippen molar-refractivity contribution in [3.05, 3.63) is 35.9 Å². The highest BCUT2D eigenvalue weighted by Crippen LogP contribution is 2.64. The number of carbonyl (C=O) groups is 1. The van der Waals surface area contributed by atoms with E-state index in [0.717, 1.165) is 36.0 Å². The van der Waals surface area contributed by atoms with E-state index in [4.69, 9.17) is 4.74 Å². The van der Waals surface area contributed by atoms with Crippen LogP contribution in [-0.2, 0) is 15.7 Å². The van der Waals surface area contributed by atoms with Crippen molar-refractivity contribution in [2.24, 2.45) is 29.6 Å². The zero-order valence-electron chi connectivity index (χ0n) is 20.2. The molecule has 2 N–H and O–H groups in total. The van der Waals surface area contributed by atoms with Crippen LogP contribution in [0.4, 0.5) is 23.4 Å². The Labute approximate surface area is 213 Å². The van der Waals surface area contributed by atoms with E-state index >= 15 is 0 Å². The van der Waals surface area contributed by atoms with Crippen LogP contribution < -0.4 is 5.32 Å². The molecular weight excluding hydrogens is 506 g/mol. The minimum absolute atomic E-state index is 0.0631. The number of fused-ring (bicyclic) bond motifs is 4. The fourth-order valence-corrected chi connectivity index (χ4v) is 6.84. The van der Waals surface area contributed by atoms with Gasteiger partial charge in [0.25, 0.3) is 0 Å². The van der Waals surface area contributed by atoms with Gasteiger partial charge in [-0.15, -0.1) is 5.10 Å². The average molecular weight is 529 g/mol. The minimum Gasteiger partial charge on any atom is -0.466 e. The Hall–Kier alpha value is -3.77. The Balaban J connectivity index is 1.38. The number of alkyl halides is 3. The van der Waals surface area contributed by atoms with Crippen LogP contribution in [0.3, 0.4) is 0 Å². The molecule has 2 unspecified atom stereocenters. The highest BCUT2D eigenvalue weighted by molar-refractivity contribution is 5.89. The highest BCUT2D eigenvalue weighted by Gasteiger charge is 2.63. The molecule has 4 fully saturated rings. The standard InChI is InChI=1S/C25H23F4N7O2/c1-2-38-24(37)18-11-3-4-12(14-8-13(11)14)19(18)31-22-16-5-6-17(25(27,28)29)36(16)35-23(32-22)20-15-7-10(26)9-30-21(15)34-33-20/h5-7,9,11-14,18-19H,2-4,8H2,1H3,(H,30,33,34)(H,31,32,35)/t11-,12+,13?,14?,18-,19-/m0/s1. The van der Waals surface area contributed by atoms with Gasteiger partial charge in [0.05, 0.1) is 24.1 Å². The molecule has 0 aromatic carbocycles. The molecule has 8 rings (SSSR count). The number of pyridine rings is 1. The summed E-state index contributed by atoms with van der Waals surface area (Å²) in [7, 11) is 0. The summed E-state index contributed by atoms with van der Waals surface area (Å²) in [6, 6.07) is 3.07. The third-order valence-corrected chi connectivity index (χ3v) is 8.39. The zero-order chi connectivity index (χ0) is 26.3. The number of halogens is 4. The predicted octanol–water partition coefficient (Wildman–Crippen LogP) is 4.46. The normalized spacial score (nSPS) is 28.0. The van der Waals surface area contributed by atoms with Gasteiger partial charge in [0, 0.05) is 6.04 Å². The first kappa shape index (κ1) is 23.4. The molecular formula is C25H23F4N7O2. The van der Waals surface area contributed by atoms with Gasteiger partial charge in [-0.2, -0.15) is 18.3 Å². The number of H-pyrrole nitrogens is 1. The first-order chi connectivity index (χ1) is 18.2. The Morgan fingerprint density at radius 2 is 2.00 bits per heavy atom. The molecule has 4 aliphatic carbocycles. The first-order valence-corrected chi connectivity index (χ1v) is 12.6. The Morgan fingerprint density at radius 3 is 2.79 bits per heavy atom. The quantitative estimate of drug-likeness (QED) is 0.290. The van der Waals surface area contributed by atoms with Crippen LogP contribution >= 0.6 is 0 Å². The van der Waals surface area contributed by atoms with E-state index in [2.05, 4.69) is 30.6 Å². The lowest BCUT2D eigenvalue weighted by atomic mass is 9.61. The van der Waals surface area contributed by atoms with E-state index in [1.807, 2.05) is 0 Å². The number of carbonyl (C=O) groups excluding carboxylic acids is 1. The third kappa shape index (κ3) is 3.47. The Bertz CT molecular complexity index is 1580. The van der Waals surface area contributed by atoms with E-state index in [0.29, 0.717) is 11.8 Å². The van der Waals surface area contributed by atoms with E-state index in [1.54, 1.807) is 6.92 Å². The summed E-state index contributed by atoms with van der Waals surface area (Å²) in [6.45, 7) is 2.01. The van der Waals surface area contributed by atoms with Gasteiger partial charge in [0.15, 0.2) is 11.5 Å². The molecule has 4 heterocycles. The lowest BCUT2D eigenvalue weighted by Gasteiger charge is -2.47. The second-order valence-electron chi connectivity index (χ2n) is 10.3. The molecule has 4 saturated carbocycles. The molecule has 0 aliphatic heterocycles. The molecule has 0 spiro atoms. The first-order valence-electron chi connectivity index (χ1n) is 12.6. The van der Waals surface area contributed by atoms with E-state index in [-0.39, 0.29) is 64.3 Å². The maximum absolute atomic E-state index is 14.0. The molecule has 2 bridgehead atoms. The summed E-state index contributed by atoms with van der Waals surface area (Å²) >= 11 is 0. The van der Waals surface area contributed by atoms with Gasteiger partial charge in [-0.25, -0.2) is 18.9 Å². The van der Waals surface area contributed by atoms with Gasteiger partial charge in [-0.1, -0.05) is 0 Å². The second kappa shape index (κ2) is 8.11. The molecule has 38 heavy (non-hydrogen) atoms. The summed E-state index contributed by atoms with van der Waals surface area (Å²) in [5, 5.41) is 14.5. The van der Waals surface area contributed by atoms with Crippen molar-refractivity contribution >= 4 is 28.3 Å². The number of hydrogen-bond acceptors (Lipinski definition) is 7. The van der Waals surface area contributed by atoms with Gasteiger partial charge >= 0.3 is 12.1 Å². The third-order valence-electron chi connectivity index (χ3n) is 8.39. The number of anilines is 1. The highest BCUT2D eigenvalue weighted by atomic mass is 19.4. The number of esters is 1. The maximum Gasteiger partial charge on any atom is 0.433 e. The lowest BCUT2D eigenvalue weighted by molar-refractivity contribution is -0.155. The van der Waals surface area contributed by atoms with Gasteiger partial charge < -0.3 is 10.1 Å². The number of rotatable bonds is 5. The van der Waals surface area contributed by atoms with Crippen molar-refractivity contribution in [1.29, 1.82) is 0 Å². The number of aromatic nitrogens is 6. The van der Waals surface area contributed by atoms with Crippen LogP contribution in [0, 0.1) is 35.4 Å². The van der Waals surface area contributed by atoms with E-state index in [1.165, 1.54) is 12.1 Å². The molecule has 0 radical (unpaired) electrons. The Kier molecular flexibility index (Phi) is 4.99. The molecule has 0 amide bonds. The summed E-state index contributed by atoms with van der Waals surface area (Å²) in [5.41, 5.74) is -0.567. The smallest absolute Gasteiger partial charge is 0.433 e. The summed E-state index contributed by atoms with van der Waals surface area (Å²) in [4.78, 5) is 21.6. The van der Waals surface area contributed by atoms with Crippen LogP contribution in [0.25, 0.3) is 28.1 Å². The monoisotopic (exact) mass is 529 g/mol. The van der Waals surface area contributed by atoms with Crippen LogP contribution in [-0.4, -0.2) is 48.4 Å². The predicted molar refractivity (Wildman–Crippen MR) is 126 cm³/mol. The molecule has 4 aromatic rings. The van der Waals surface area contributed by atoms with Crippen molar-refractivity contribution < 1.29 is 27.1 Å². The van der Waals surface area contributed by atoms with Gasteiger partial charge in [0.2, 0.25) is 5.82 Å². The number of hydrogen-bond donors (Lipinski definition) is 2. The van der Waals surface area contributed by atoms with Gasteiger partial charge in [-0.05, 0) is 68.1 Å². The molecule has 0 saturated heterocycles. The fraction of sp³-hybridized carbons (Fsp3) is 0.480. The average Bonchev–Trinajstić information content (AvgIpc) is 3.42. The van der Waals surface area contributed by atoms with E-state index in [9.17, 15) is 22.4 Å². The SMILES string of the molecule is CCOC(=O)[C@@H]1[C@@H](Nc2nc(-c3n[nH]c4ncc(F)cc34)nn3c(C(F)(F)F)ccc23)[C@@H]2CC[C@H]1C1CC12. The molecule has 13 heteroatoms. The summed E-state index contributed by atoms with van der Waals surface area (Å²) < 4.78 is 61.9. The van der Waals surface area contributed by atoms with Gasteiger partial charge in [-0.3, -0.25) is 9.89 Å². The molecule has 9 nitrogen and oxygen atoms in total. The van der Waals surface area contributed by atoms with Crippen LogP contribution in [0.2, 0.25) is 0 Å². The van der Waals surface area contributed by atoms with Crippen molar-refractivity contribution in [3.63, 3.8) is 0 Å². The lowest BCUT2D eigenvalue weighted by Crippen LogP contribution is -2.53. The fourth-order valence-electron chi connectivity index (χ4n) is 6.84. The minimum atomic E-state index is -4.69. The van der Waals surface area contributed by atoms with Crippen molar-refractivity contribution in [1.82, 2.24) is 29.8 Å². The van der Waals surface area contributed by atoms with Crippen LogP contribution in [0.1, 0.15) is 31.9 Å². The van der Waals surface area contributed by atoms with Crippen molar-refractivity contribution in [3.8, 4) is 11.5 Å². The molecule has 4 aliphatic rings. The zero-order valence-corrected chi connectivity index (χ0v) is 20.2. The summed E-state index contributed by atoms with van der Waals surface area (Å²) in [5.74, 6) is -0.0141. The molecule has 6 atom stereocenters. The second-order valence-corrected chi connectivity index (χ2v) is 10.3. The largest absolute Gasteiger partial charge is 0.466 e. The van der Waals surface area contributed by atoms with Crippen LogP contribution in [0.15, 0.2) is 24.4 Å². The van der Waals surface area contributed by atoms with Crippen molar-refractivity contribution in [2.75, 3.05) is 11.9 Å². The van der Waals surface area contributed by atoms with Crippen molar-refractivity contribution in [2.45, 2.75) is 38.4 Å². The maximum atomic E-state index is 14.0. The Morgan fingerprint density at radius 1 is 1.21 bits per heavy atom. The topological polar surface area (TPSA) is 110 Å². The number of nitrogens with one attached hydrogen (secondary N) is 2. The number of ether oxygens (including phenoxy) is 1. The number of aromatic amines is 1. The molecule has 4 aromatic heterocycles. The molecule has 198 valence electrons. The van der Waals surface area contributed by atoms with Crippen LogP contribution in [0.5, 0.6) is 0 Å². The van der Waals surface area contributed by atoms with E-state index < -0.39 is 23.6 Å². The number of nitrogens with zero attached hydrogens (tertiary/aromatic N) is 5. The summed E-state index contributed by atoms with van der Waals surface area (Å²) in [6.07, 6.45) is -0.769. The van der Waals surface area contributed by atoms with Gasteiger partial charge in [0.1, 0.15) is 22.7 Å².